The second kappa shape index (κ2) is 7.09. The van der Waals surface area contributed by atoms with Crippen LogP contribution in [0.1, 0.15) is 5.56 Å². The Morgan fingerprint density at radius 1 is 1.32 bits per heavy atom. The molecule has 1 atom stereocenters. The van der Waals surface area contributed by atoms with Gasteiger partial charge in [-0.15, -0.1) is 0 Å². The lowest BCUT2D eigenvalue weighted by molar-refractivity contribution is 0.00853. The van der Waals surface area contributed by atoms with Crippen molar-refractivity contribution in [2.24, 2.45) is 4.99 Å². The van der Waals surface area contributed by atoms with Crippen LogP contribution in [-0.2, 0) is 16.1 Å². The molecule has 0 bridgehead atoms. The molecule has 2 aliphatic heterocycles. The van der Waals surface area contributed by atoms with Crippen LogP contribution in [0.3, 0.4) is 0 Å². The zero-order valence-corrected chi connectivity index (χ0v) is 12.7. The first-order valence-electron chi connectivity index (χ1n) is 7.10. The number of benzene rings is 1. The molecule has 7 heteroatoms. The summed E-state index contributed by atoms with van der Waals surface area (Å²) in [7, 11) is 0. The van der Waals surface area contributed by atoms with Crippen LogP contribution >= 0.6 is 11.6 Å². The highest BCUT2D eigenvalue weighted by atomic mass is 35.5. The molecule has 0 aromatic heterocycles. The van der Waals surface area contributed by atoms with Crippen molar-refractivity contribution >= 4 is 17.8 Å². The van der Waals surface area contributed by atoms with Gasteiger partial charge < -0.3 is 19.7 Å². The molecule has 118 valence electrons. The number of nitrogens with zero attached hydrogens (tertiary/aromatic N) is 2. The molecule has 0 radical (unpaired) electrons. The third-order valence-electron chi connectivity index (χ3n) is 3.46. The smallest absolute Gasteiger partial charge is 0.227 e. The van der Waals surface area contributed by atoms with Crippen molar-refractivity contribution in [1.82, 2.24) is 10.2 Å². The highest BCUT2D eigenvalue weighted by Gasteiger charge is 2.23. The Labute approximate surface area is 133 Å². The van der Waals surface area contributed by atoms with E-state index in [0.29, 0.717) is 43.8 Å². The van der Waals surface area contributed by atoms with E-state index in [1.165, 1.54) is 6.21 Å². The molecule has 1 saturated heterocycles. The van der Waals surface area contributed by atoms with E-state index in [1.807, 2.05) is 17.0 Å². The molecule has 3 rings (SSSR count). The zero-order chi connectivity index (χ0) is 15.4. The Bertz CT molecular complexity index is 571. The summed E-state index contributed by atoms with van der Waals surface area (Å²) in [6.07, 6.45) is 0.599. The number of aliphatic imine (C=N–C) groups is 1. The van der Waals surface area contributed by atoms with Gasteiger partial charge in [0.1, 0.15) is 5.82 Å². The van der Waals surface area contributed by atoms with Crippen LogP contribution in [-0.4, -0.2) is 43.8 Å². The van der Waals surface area contributed by atoms with Gasteiger partial charge in [0.05, 0.1) is 26.0 Å². The molecule has 1 aromatic carbocycles. The van der Waals surface area contributed by atoms with Gasteiger partial charge >= 0.3 is 0 Å². The van der Waals surface area contributed by atoms with Crippen molar-refractivity contribution in [2.75, 3.05) is 26.3 Å². The minimum Gasteiger partial charge on any atom is -0.378 e. The fourth-order valence-electron chi connectivity index (χ4n) is 2.29. The number of morpholine rings is 1. The minimum atomic E-state index is -0.604. The predicted octanol–water partition coefficient (Wildman–Crippen LogP) is 2.29. The standard InChI is InChI=1S/C15H17ClFN3O2/c16-12-3-1-11(2-4-12)10-22-15-18-9-13(17)14(19-15)20-5-7-21-8-6-20/h1-4,9,15,19H,5-8,10H2/t15-/m1/s1. The topological polar surface area (TPSA) is 46.1 Å². The van der Waals surface area contributed by atoms with Crippen LogP contribution in [0, 0.1) is 0 Å². The normalized spacial score (nSPS) is 21.9. The summed E-state index contributed by atoms with van der Waals surface area (Å²) in [6.45, 7) is 2.84. The quantitative estimate of drug-likeness (QED) is 0.922. The van der Waals surface area contributed by atoms with Crippen molar-refractivity contribution in [3.8, 4) is 0 Å². The van der Waals surface area contributed by atoms with Crippen molar-refractivity contribution < 1.29 is 13.9 Å². The highest BCUT2D eigenvalue weighted by molar-refractivity contribution is 6.30. The molecule has 0 unspecified atom stereocenters. The van der Waals surface area contributed by atoms with E-state index in [2.05, 4.69) is 10.3 Å². The Balaban J connectivity index is 1.58. The number of hydrogen-bond donors (Lipinski definition) is 1. The van der Waals surface area contributed by atoms with Gasteiger partial charge in [-0.3, -0.25) is 0 Å². The number of allylic oxidation sites excluding steroid dienone is 1. The molecule has 2 heterocycles. The monoisotopic (exact) mass is 325 g/mol. The van der Waals surface area contributed by atoms with Gasteiger partial charge in [-0.1, -0.05) is 23.7 Å². The SMILES string of the molecule is FC1=C(N2CCOCC2)N[C@H](OCc2ccc(Cl)cc2)N=C1. The van der Waals surface area contributed by atoms with E-state index in [9.17, 15) is 4.39 Å². The minimum absolute atomic E-state index is 0.365. The molecule has 0 aliphatic carbocycles. The van der Waals surface area contributed by atoms with E-state index >= 15 is 0 Å². The fraction of sp³-hybridized carbons (Fsp3) is 0.400. The van der Waals surface area contributed by atoms with Crippen LogP contribution in [0.15, 0.2) is 40.9 Å². The summed E-state index contributed by atoms with van der Waals surface area (Å²) in [5.74, 6) is 0.0349. The zero-order valence-electron chi connectivity index (χ0n) is 12.0. The Morgan fingerprint density at radius 2 is 2.05 bits per heavy atom. The summed E-state index contributed by atoms with van der Waals surface area (Å²) in [6, 6.07) is 7.37. The van der Waals surface area contributed by atoms with Gasteiger partial charge in [0.2, 0.25) is 6.35 Å². The average Bonchev–Trinajstić information content (AvgIpc) is 2.56. The maximum Gasteiger partial charge on any atom is 0.227 e. The van der Waals surface area contributed by atoms with Gasteiger partial charge in [0.15, 0.2) is 5.83 Å². The summed E-state index contributed by atoms with van der Waals surface area (Å²) >= 11 is 5.84. The first-order valence-corrected chi connectivity index (χ1v) is 7.48. The average molecular weight is 326 g/mol. The van der Waals surface area contributed by atoms with Crippen molar-refractivity contribution in [2.45, 2.75) is 13.0 Å². The van der Waals surface area contributed by atoms with Crippen LogP contribution in [0.25, 0.3) is 0 Å². The van der Waals surface area contributed by atoms with Gasteiger partial charge in [-0.05, 0) is 17.7 Å². The van der Waals surface area contributed by atoms with Gasteiger partial charge in [0, 0.05) is 18.1 Å². The van der Waals surface area contributed by atoms with E-state index in [4.69, 9.17) is 21.1 Å². The predicted molar refractivity (Wildman–Crippen MR) is 82.2 cm³/mol. The van der Waals surface area contributed by atoms with Crippen LogP contribution in [0.2, 0.25) is 5.02 Å². The number of ether oxygens (including phenoxy) is 2. The highest BCUT2D eigenvalue weighted by Crippen LogP contribution is 2.17. The first kappa shape index (κ1) is 15.3. The molecule has 22 heavy (non-hydrogen) atoms. The molecule has 1 fully saturated rings. The first-order chi connectivity index (χ1) is 10.7. The Morgan fingerprint density at radius 3 is 2.77 bits per heavy atom. The lowest BCUT2D eigenvalue weighted by atomic mass is 10.2. The molecule has 1 N–H and O–H groups in total. The second-order valence-electron chi connectivity index (χ2n) is 5.01. The summed E-state index contributed by atoms with van der Waals surface area (Å²) in [4.78, 5) is 5.92. The van der Waals surface area contributed by atoms with Crippen LogP contribution < -0.4 is 5.32 Å². The molecular weight excluding hydrogens is 309 g/mol. The third-order valence-corrected chi connectivity index (χ3v) is 3.71. The molecule has 0 amide bonds. The van der Waals surface area contributed by atoms with Crippen molar-refractivity contribution in [3.63, 3.8) is 0 Å². The molecule has 5 nitrogen and oxygen atoms in total. The Hall–Kier alpha value is -1.63. The van der Waals surface area contributed by atoms with E-state index in [1.54, 1.807) is 12.1 Å². The van der Waals surface area contributed by atoms with Crippen molar-refractivity contribution in [3.05, 3.63) is 46.5 Å². The van der Waals surface area contributed by atoms with Crippen molar-refractivity contribution in [1.29, 1.82) is 0 Å². The van der Waals surface area contributed by atoms with Gasteiger partial charge in [-0.25, -0.2) is 9.38 Å². The van der Waals surface area contributed by atoms with E-state index in [0.717, 1.165) is 5.56 Å². The number of halogens is 2. The molecule has 0 saturated carbocycles. The molecule has 2 aliphatic rings. The third kappa shape index (κ3) is 3.76. The lowest BCUT2D eigenvalue weighted by Crippen LogP contribution is -2.45. The van der Waals surface area contributed by atoms with Crippen LogP contribution in [0.4, 0.5) is 4.39 Å². The fourth-order valence-corrected chi connectivity index (χ4v) is 2.41. The van der Waals surface area contributed by atoms with E-state index < -0.39 is 6.35 Å². The summed E-state index contributed by atoms with van der Waals surface area (Å²) in [5, 5.41) is 3.66. The summed E-state index contributed by atoms with van der Waals surface area (Å²) in [5.41, 5.74) is 0.976. The maximum absolute atomic E-state index is 13.9. The van der Waals surface area contributed by atoms with Gasteiger partial charge in [0.25, 0.3) is 0 Å². The summed E-state index contributed by atoms with van der Waals surface area (Å²) < 4.78 is 24.9. The molecule has 0 spiro atoms. The van der Waals surface area contributed by atoms with Gasteiger partial charge in [-0.2, -0.15) is 0 Å². The number of nitrogens with one attached hydrogen (secondary N) is 1. The largest absolute Gasteiger partial charge is 0.378 e. The van der Waals surface area contributed by atoms with Crippen LogP contribution in [0.5, 0.6) is 0 Å². The van der Waals surface area contributed by atoms with E-state index in [-0.39, 0.29) is 5.83 Å². The molecule has 1 aromatic rings. The Kier molecular flexibility index (Phi) is 4.92. The maximum atomic E-state index is 13.9. The number of hydrogen-bond acceptors (Lipinski definition) is 5. The molecular formula is C15H17ClFN3O2. The number of rotatable bonds is 4. The lowest BCUT2D eigenvalue weighted by Gasteiger charge is -2.34. The second-order valence-corrected chi connectivity index (χ2v) is 5.44.